The minimum absolute atomic E-state index is 0.0868. The molecule has 1 saturated heterocycles. The predicted molar refractivity (Wildman–Crippen MR) is 109 cm³/mol. The number of benzene rings is 2. The van der Waals surface area contributed by atoms with Crippen LogP contribution in [0, 0.1) is 5.82 Å². The van der Waals surface area contributed by atoms with E-state index in [-0.39, 0.29) is 11.7 Å². The topological polar surface area (TPSA) is 73.5 Å². The minimum atomic E-state index is -0.317. The Bertz CT molecular complexity index is 980. The standard InChI is InChI=1S/C21H24FN5O2/c1-29-17-6-7-18-19(12-17)25-20(24-18)13-26-8-10-27(11-9-26)14-21(28)23-16-4-2-15(22)3-5-16/h2-7,12H,8-11,13-14H2,1H3,(H,23,28)(H,24,25). The van der Waals surface area contributed by atoms with Crippen LogP contribution in [0.5, 0.6) is 5.75 Å². The van der Waals surface area contributed by atoms with E-state index in [2.05, 4.69) is 25.1 Å². The van der Waals surface area contributed by atoms with Gasteiger partial charge in [-0.1, -0.05) is 0 Å². The average Bonchev–Trinajstić information content (AvgIpc) is 3.12. The Kier molecular flexibility index (Phi) is 5.73. The van der Waals surface area contributed by atoms with E-state index in [4.69, 9.17) is 4.74 Å². The Morgan fingerprint density at radius 1 is 1.14 bits per heavy atom. The van der Waals surface area contributed by atoms with E-state index in [0.29, 0.717) is 12.2 Å². The minimum Gasteiger partial charge on any atom is -0.497 e. The van der Waals surface area contributed by atoms with E-state index in [0.717, 1.165) is 55.3 Å². The van der Waals surface area contributed by atoms with E-state index in [1.807, 2.05) is 18.2 Å². The molecule has 4 rings (SSSR count). The van der Waals surface area contributed by atoms with Gasteiger partial charge in [0.05, 0.1) is 31.2 Å². The quantitative estimate of drug-likeness (QED) is 0.669. The Morgan fingerprint density at radius 3 is 2.59 bits per heavy atom. The van der Waals surface area contributed by atoms with Gasteiger partial charge in [0.25, 0.3) is 0 Å². The van der Waals surface area contributed by atoms with Crippen LogP contribution in [-0.2, 0) is 11.3 Å². The molecular formula is C21H24FN5O2. The molecule has 1 aliphatic rings. The fraction of sp³-hybridized carbons (Fsp3) is 0.333. The lowest BCUT2D eigenvalue weighted by atomic mass is 10.3. The van der Waals surface area contributed by atoms with Gasteiger partial charge in [-0.2, -0.15) is 0 Å². The summed E-state index contributed by atoms with van der Waals surface area (Å²) >= 11 is 0. The molecule has 0 unspecified atom stereocenters. The highest BCUT2D eigenvalue weighted by molar-refractivity contribution is 5.92. The van der Waals surface area contributed by atoms with Crippen molar-refractivity contribution >= 4 is 22.6 Å². The number of carbonyl (C=O) groups is 1. The van der Waals surface area contributed by atoms with Crippen molar-refractivity contribution in [2.45, 2.75) is 6.54 Å². The van der Waals surface area contributed by atoms with Crippen LogP contribution in [0.4, 0.5) is 10.1 Å². The zero-order valence-electron chi connectivity index (χ0n) is 16.3. The van der Waals surface area contributed by atoms with Crippen LogP contribution in [0.2, 0.25) is 0 Å². The monoisotopic (exact) mass is 397 g/mol. The average molecular weight is 397 g/mol. The fourth-order valence-corrected chi connectivity index (χ4v) is 3.50. The Hall–Kier alpha value is -2.97. The zero-order chi connectivity index (χ0) is 20.2. The molecule has 7 nitrogen and oxygen atoms in total. The van der Waals surface area contributed by atoms with Gasteiger partial charge in [-0.3, -0.25) is 14.6 Å². The number of carbonyl (C=O) groups excluding carboxylic acids is 1. The number of aromatic amines is 1. The molecule has 1 aromatic heterocycles. The number of piperazine rings is 1. The highest BCUT2D eigenvalue weighted by atomic mass is 19.1. The summed E-state index contributed by atoms with van der Waals surface area (Å²) in [7, 11) is 1.65. The SMILES string of the molecule is COc1ccc2nc(CN3CCN(CC(=O)Nc4ccc(F)cc4)CC3)[nH]c2c1. The number of aromatic nitrogens is 2. The van der Waals surface area contributed by atoms with E-state index < -0.39 is 0 Å². The molecule has 0 bridgehead atoms. The number of nitrogens with one attached hydrogen (secondary N) is 2. The third kappa shape index (κ3) is 4.90. The van der Waals surface area contributed by atoms with Crippen LogP contribution in [-0.4, -0.2) is 65.5 Å². The molecule has 0 aliphatic carbocycles. The molecule has 152 valence electrons. The smallest absolute Gasteiger partial charge is 0.238 e. The third-order valence-corrected chi connectivity index (χ3v) is 5.07. The van der Waals surface area contributed by atoms with Crippen molar-refractivity contribution in [1.29, 1.82) is 0 Å². The maximum atomic E-state index is 12.9. The Labute approximate surface area is 168 Å². The van der Waals surface area contributed by atoms with Crippen LogP contribution in [0.1, 0.15) is 5.82 Å². The number of imidazole rings is 1. The van der Waals surface area contributed by atoms with E-state index >= 15 is 0 Å². The summed E-state index contributed by atoms with van der Waals surface area (Å²) in [6, 6.07) is 11.6. The van der Waals surface area contributed by atoms with Crippen molar-refractivity contribution in [2.75, 3.05) is 45.2 Å². The van der Waals surface area contributed by atoms with Gasteiger partial charge in [0.1, 0.15) is 17.4 Å². The Morgan fingerprint density at radius 2 is 1.86 bits per heavy atom. The van der Waals surface area contributed by atoms with Gasteiger partial charge in [0.2, 0.25) is 5.91 Å². The number of rotatable bonds is 6. The molecule has 0 saturated carbocycles. The molecule has 29 heavy (non-hydrogen) atoms. The van der Waals surface area contributed by atoms with Crippen molar-refractivity contribution in [1.82, 2.24) is 19.8 Å². The number of hydrogen-bond acceptors (Lipinski definition) is 5. The first kappa shape index (κ1) is 19.4. The number of ether oxygens (including phenoxy) is 1. The van der Waals surface area contributed by atoms with Crippen LogP contribution >= 0.6 is 0 Å². The maximum absolute atomic E-state index is 12.9. The summed E-state index contributed by atoms with van der Waals surface area (Å²) in [6.07, 6.45) is 0. The maximum Gasteiger partial charge on any atom is 0.238 e. The Balaban J connectivity index is 1.26. The normalized spacial score (nSPS) is 15.5. The van der Waals surface area contributed by atoms with Crippen LogP contribution in [0.25, 0.3) is 11.0 Å². The predicted octanol–water partition coefficient (Wildman–Crippen LogP) is 2.47. The van der Waals surface area contributed by atoms with E-state index in [1.165, 1.54) is 12.1 Å². The van der Waals surface area contributed by atoms with Crippen molar-refractivity contribution in [3.05, 3.63) is 54.1 Å². The number of amides is 1. The number of fused-ring (bicyclic) bond motifs is 1. The van der Waals surface area contributed by atoms with Crippen LogP contribution in [0.3, 0.4) is 0 Å². The number of anilines is 1. The van der Waals surface area contributed by atoms with Gasteiger partial charge in [-0.25, -0.2) is 9.37 Å². The van der Waals surface area contributed by atoms with Crippen LogP contribution < -0.4 is 10.1 Å². The lowest BCUT2D eigenvalue weighted by Gasteiger charge is -2.33. The molecule has 2 heterocycles. The molecular weight excluding hydrogens is 373 g/mol. The molecule has 2 N–H and O–H groups in total. The summed E-state index contributed by atoms with van der Waals surface area (Å²) in [5, 5.41) is 2.81. The molecule has 1 amide bonds. The number of halogens is 1. The van der Waals surface area contributed by atoms with Gasteiger partial charge in [-0.05, 0) is 36.4 Å². The highest BCUT2D eigenvalue weighted by Crippen LogP contribution is 2.19. The lowest BCUT2D eigenvalue weighted by Crippen LogP contribution is -2.48. The first-order chi connectivity index (χ1) is 14.1. The van der Waals surface area contributed by atoms with Crippen LogP contribution in [0.15, 0.2) is 42.5 Å². The number of methoxy groups -OCH3 is 1. The third-order valence-electron chi connectivity index (χ3n) is 5.07. The van der Waals surface area contributed by atoms with Gasteiger partial charge < -0.3 is 15.0 Å². The van der Waals surface area contributed by atoms with Gasteiger partial charge in [0, 0.05) is 37.9 Å². The van der Waals surface area contributed by atoms with Gasteiger partial charge in [0.15, 0.2) is 0 Å². The first-order valence-corrected chi connectivity index (χ1v) is 9.62. The fourth-order valence-electron chi connectivity index (χ4n) is 3.50. The van der Waals surface area contributed by atoms with Gasteiger partial charge in [-0.15, -0.1) is 0 Å². The second-order valence-electron chi connectivity index (χ2n) is 7.17. The molecule has 8 heteroatoms. The molecule has 0 radical (unpaired) electrons. The van der Waals surface area contributed by atoms with Crippen molar-refractivity contribution in [2.24, 2.45) is 0 Å². The second-order valence-corrected chi connectivity index (χ2v) is 7.17. The molecule has 1 aliphatic heterocycles. The molecule has 0 atom stereocenters. The lowest BCUT2D eigenvalue weighted by molar-refractivity contribution is -0.117. The summed E-state index contributed by atoms with van der Waals surface area (Å²) in [5.74, 6) is 1.33. The zero-order valence-corrected chi connectivity index (χ0v) is 16.3. The van der Waals surface area contributed by atoms with E-state index in [9.17, 15) is 9.18 Å². The van der Waals surface area contributed by atoms with Crippen molar-refractivity contribution in [3.8, 4) is 5.75 Å². The highest BCUT2D eigenvalue weighted by Gasteiger charge is 2.20. The summed E-state index contributed by atoms with van der Waals surface area (Å²) < 4.78 is 18.2. The summed E-state index contributed by atoms with van der Waals surface area (Å²) in [6.45, 7) is 4.42. The number of hydrogen-bond donors (Lipinski definition) is 2. The molecule has 3 aromatic rings. The number of nitrogens with zero attached hydrogens (tertiary/aromatic N) is 3. The van der Waals surface area contributed by atoms with Crippen molar-refractivity contribution in [3.63, 3.8) is 0 Å². The number of H-pyrrole nitrogens is 1. The molecule has 1 fully saturated rings. The largest absolute Gasteiger partial charge is 0.497 e. The van der Waals surface area contributed by atoms with Crippen molar-refractivity contribution < 1.29 is 13.9 Å². The molecule has 2 aromatic carbocycles. The van der Waals surface area contributed by atoms with E-state index in [1.54, 1.807) is 19.2 Å². The summed E-state index contributed by atoms with van der Waals surface area (Å²) in [4.78, 5) is 24.7. The van der Waals surface area contributed by atoms with Gasteiger partial charge >= 0.3 is 0 Å². The second kappa shape index (κ2) is 8.59. The first-order valence-electron chi connectivity index (χ1n) is 9.62. The molecule has 0 spiro atoms. The summed E-state index contributed by atoms with van der Waals surface area (Å²) in [5.41, 5.74) is 2.50.